The van der Waals surface area contributed by atoms with E-state index in [1.54, 1.807) is 19.4 Å². The summed E-state index contributed by atoms with van der Waals surface area (Å²) in [5.41, 5.74) is 1.94. The van der Waals surface area contributed by atoms with Gasteiger partial charge in [0.25, 0.3) is 0 Å². The molecule has 0 saturated carbocycles. The van der Waals surface area contributed by atoms with Crippen molar-refractivity contribution < 1.29 is 4.52 Å². The summed E-state index contributed by atoms with van der Waals surface area (Å²) in [5, 5.41) is 8.49. The van der Waals surface area contributed by atoms with E-state index in [9.17, 15) is 0 Å². The summed E-state index contributed by atoms with van der Waals surface area (Å²) in [6, 6.07) is 7.39. The van der Waals surface area contributed by atoms with Crippen LogP contribution in [0.4, 0.5) is 0 Å². The highest BCUT2D eigenvalue weighted by atomic mass is 127. The molecule has 1 N–H and O–H groups in total. The number of hydrogen-bond acceptors (Lipinski definition) is 3. The Morgan fingerprint density at radius 2 is 2.00 bits per heavy atom. The van der Waals surface area contributed by atoms with E-state index in [2.05, 4.69) is 15.5 Å². The first kappa shape index (κ1) is 20.1. The molecule has 0 fully saturated rings. The van der Waals surface area contributed by atoms with Crippen molar-refractivity contribution in [1.29, 1.82) is 0 Å². The Bertz CT molecular complexity index is 614. The number of hydrogen-bond donors (Lipinski definition) is 1. The molecule has 23 heavy (non-hydrogen) atoms. The number of aromatic nitrogens is 1. The predicted octanol–water partition coefficient (Wildman–Crippen LogP) is 3.85. The fourth-order valence-corrected chi connectivity index (χ4v) is 2.67. The van der Waals surface area contributed by atoms with Crippen LogP contribution >= 0.6 is 47.2 Å². The van der Waals surface area contributed by atoms with Crippen LogP contribution in [-0.2, 0) is 13.0 Å². The fourth-order valence-electron chi connectivity index (χ4n) is 2.10. The van der Waals surface area contributed by atoms with E-state index in [0.29, 0.717) is 16.6 Å². The van der Waals surface area contributed by atoms with E-state index in [-0.39, 0.29) is 24.0 Å². The largest absolute Gasteiger partial charge is 0.364 e. The van der Waals surface area contributed by atoms with Gasteiger partial charge in [-0.25, -0.2) is 0 Å². The van der Waals surface area contributed by atoms with Gasteiger partial charge >= 0.3 is 0 Å². The Morgan fingerprint density at radius 3 is 2.57 bits per heavy atom. The number of halogens is 3. The highest BCUT2D eigenvalue weighted by molar-refractivity contribution is 14.0. The molecule has 5 nitrogen and oxygen atoms in total. The minimum atomic E-state index is 0. The minimum absolute atomic E-state index is 0. The van der Waals surface area contributed by atoms with Gasteiger partial charge in [-0.15, -0.1) is 24.0 Å². The van der Waals surface area contributed by atoms with Crippen LogP contribution in [0.3, 0.4) is 0 Å². The molecule has 0 saturated heterocycles. The molecule has 2 aromatic rings. The number of aliphatic imine (C=N–C) groups is 1. The van der Waals surface area contributed by atoms with Crippen LogP contribution in [-0.4, -0.2) is 36.7 Å². The number of nitrogens with one attached hydrogen (secondary N) is 1. The molecule has 0 spiro atoms. The van der Waals surface area contributed by atoms with E-state index >= 15 is 0 Å². The summed E-state index contributed by atoms with van der Waals surface area (Å²) in [6.07, 6.45) is 2.36. The van der Waals surface area contributed by atoms with Gasteiger partial charge in [0.05, 0.1) is 6.54 Å². The normalized spacial score (nSPS) is 11.0. The van der Waals surface area contributed by atoms with Crippen LogP contribution in [0.2, 0.25) is 10.0 Å². The van der Waals surface area contributed by atoms with Crippen molar-refractivity contribution >= 4 is 53.1 Å². The lowest BCUT2D eigenvalue weighted by molar-refractivity contribution is 0.391. The Morgan fingerprint density at radius 1 is 1.30 bits per heavy atom. The van der Waals surface area contributed by atoms with E-state index in [4.69, 9.17) is 27.7 Å². The molecule has 0 aliphatic carbocycles. The lowest BCUT2D eigenvalue weighted by Crippen LogP contribution is -2.39. The quantitative estimate of drug-likeness (QED) is 0.411. The molecule has 8 heteroatoms. The van der Waals surface area contributed by atoms with Crippen LogP contribution in [0.5, 0.6) is 0 Å². The Hall–Kier alpha value is -0.990. The zero-order valence-corrected chi connectivity index (χ0v) is 16.8. The van der Waals surface area contributed by atoms with Gasteiger partial charge in [0.1, 0.15) is 12.0 Å². The summed E-state index contributed by atoms with van der Waals surface area (Å²) >= 11 is 12.0. The van der Waals surface area contributed by atoms with Gasteiger partial charge in [0, 0.05) is 36.8 Å². The molecule has 0 unspecified atom stereocenters. The monoisotopic (exact) mass is 468 g/mol. The second kappa shape index (κ2) is 10.00. The third-order valence-corrected chi connectivity index (χ3v) is 3.52. The van der Waals surface area contributed by atoms with Crippen molar-refractivity contribution in [2.45, 2.75) is 13.0 Å². The molecule has 0 atom stereocenters. The SMILES string of the molecule is CN=C(NCCc1cc(Cl)cc(Cl)c1)N(C)Cc1ccon1.I. The van der Waals surface area contributed by atoms with Gasteiger partial charge < -0.3 is 14.7 Å². The standard InChI is InChI=1S/C15H18Cl2N4O.HI/c1-18-15(21(2)10-14-4-6-22-20-14)19-5-3-11-7-12(16)9-13(17)8-11;/h4,6-9H,3,5,10H2,1-2H3,(H,18,19);1H. The fraction of sp³-hybridized carbons (Fsp3) is 0.333. The Kier molecular flexibility index (Phi) is 8.72. The highest BCUT2D eigenvalue weighted by Crippen LogP contribution is 2.19. The molecule has 1 aromatic carbocycles. The summed E-state index contributed by atoms with van der Waals surface area (Å²) < 4.78 is 4.83. The third kappa shape index (κ3) is 6.56. The van der Waals surface area contributed by atoms with Crippen molar-refractivity contribution in [3.05, 3.63) is 51.8 Å². The van der Waals surface area contributed by atoms with Crippen LogP contribution in [0.15, 0.2) is 40.0 Å². The molecule has 1 heterocycles. The zero-order chi connectivity index (χ0) is 15.9. The van der Waals surface area contributed by atoms with Crippen molar-refractivity contribution in [1.82, 2.24) is 15.4 Å². The molecule has 1 aromatic heterocycles. The molecular formula is C15H19Cl2IN4O. The Balaban J connectivity index is 0.00000264. The summed E-state index contributed by atoms with van der Waals surface area (Å²) in [5.74, 6) is 0.788. The number of guanidine groups is 1. The topological polar surface area (TPSA) is 53.7 Å². The van der Waals surface area contributed by atoms with Gasteiger partial charge in [0.2, 0.25) is 0 Å². The van der Waals surface area contributed by atoms with E-state index < -0.39 is 0 Å². The van der Waals surface area contributed by atoms with Crippen molar-refractivity contribution in [2.24, 2.45) is 4.99 Å². The molecule has 0 bridgehead atoms. The highest BCUT2D eigenvalue weighted by Gasteiger charge is 2.08. The molecule has 0 amide bonds. The van der Waals surface area contributed by atoms with Crippen LogP contribution in [0.25, 0.3) is 0 Å². The first-order valence-electron chi connectivity index (χ1n) is 6.84. The van der Waals surface area contributed by atoms with Gasteiger partial charge in [-0.05, 0) is 30.2 Å². The van der Waals surface area contributed by atoms with Gasteiger partial charge in [-0.3, -0.25) is 4.99 Å². The lowest BCUT2D eigenvalue weighted by Gasteiger charge is -2.21. The number of nitrogens with zero attached hydrogens (tertiary/aromatic N) is 3. The summed E-state index contributed by atoms with van der Waals surface area (Å²) in [7, 11) is 3.69. The lowest BCUT2D eigenvalue weighted by atomic mass is 10.1. The van der Waals surface area contributed by atoms with Gasteiger partial charge in [0.15, 0.2) is 5.96 Å². The molecule has 0 aliphatic rings. The van der Waals surface area contributed by atoms with Crippen molar-refractivity contribution in [2.75, 3.05) is 20.6 Å². The van der Waals surface area contributed by atoms with Crippen LogP contribution < -0.4 is 5.32 Å². The predicted molar refractivity (Wildman–Crippen MR) is 105 cm³/mol. The second-order valence-electron chi connectivity index (χ2n) is 4.85. The first-order valence-corrected chi connectivity index (χ1v) is 7.60. The maximum absolute atomic E-state index is 6.00. The number of benzene rings is 1. The van der Waals surface area contributed by atoms with Gasteiger partial charge in [-0.2, -0.15) is 0 Å². The average Bonchev–Trinajstić information content (AvgIpc) is 2.95. The molecular weight excluding hydrogens is 450 g/mol. The molecule has 0 radical (unpaired) electrons. The Labute approximate surface area is 163 Å². The molecule has 126 valence electrons. The van der Waals surface area contributed by atoms with Gasteiger partial charge in [-0.1, -0.05) is 28.4 Å². The van der Waals surface area contributed by atoms with E-state index in [1.807, 2.05) is 30.1 Å². The number of rotatable bonds is 5. The van der Waals surface area contributed by atoms with Crippen molar-refractivity contribution in [3.8, 4) is 0 Å². The maximum atomic E-state index is 6.00. The van der Waals surface area contributed by atoms with E-state index in [1.165, 1.54) is 0 Å². The van der Waals surface area contributed by atoms with Crippen LogP contribution in [0, 0.1) is 0 Å². The molecule has 2 rings (SSSR count). The third-order valence-electron chi connectivity index (χ3n) is 3.08. The maximum Gasteiger partial charge on any atom is 0.193 e. The van der Waals surface area contributed by atoms with E-state index in [0.717, 1.165) is 30.2 Å². The molecule has 0 aliphatic heterocycles. The first-order chi connectivity index (χ1) is 10.6. The second-order valence-corrected chi connectivity index (χ2v) is 5.72. The minimum Gasteiger partial charge on any atom is -0.364 e. The summed E-state index contributed by atoms with van der Waals surface area (Å²) in [4.78, 5) is 6.23. The smallest absolute Gasteiger partial charge is 0.193 e. The zero-order valence-electron chi connectivity index (χ0n) is 12.9. The van der Waals surface area contributed by atoms with Crippen LogP contribution in [0.1, 0.15) is 11.3 Å². The summed E-state index contributed by atoms with van der Waals surface area (Å²) in [6.45, 7) is 1.35. The van der Waals surface area contributed by atoms with Crippen molar-refractivity contribution in [3.63, 3.8) is 0 Å². The average molecular weight is 469 g/mol.